The lowest BCUT2D eigenvalue weighted by atomic mass is 9.76. The van der Waals surface area contributed by atoms with Crippen molar-refractivity contribution in [3.8, 4) is 12.1 Å². The molecule has 0 saturated carbocycles. The van der Waals surface area contributed by atoms with Gasteiger partial charge in [-0.1, -0.05) is 36.9 Å². The van der Waals surface area contributed by atoms with E-state index in [-0.39, 0.29) is 0 Å². The predicted molar refractivity (Wildman–Crippen MR) is 64.7 cm³/mol. The highest BCUT2D eigenvalue weighted by Crippen LogP contribution is 2.40. The second kappa shape index (κ2) is 5.30. The lowest BCUT2D eigenvalue weighted by Gasteiger charge is -2.28. The largest absolute Gasteiger partial charge is 0.374 e. The fourth-order valence-corrected chi connectivity index (χ4v) is 1.75. The molecule has 0 N–H and O–H groups in total. The fraction of sp³-hybridized carbons (Fsp3) is 0.286. The number of hydrogen-bond acceptors (Lipinski definition) is 3. The molecular formula is C14H14N2O. The number of hydrogen-bond donors (Lipinski definition) is 0. The second-order valence-corrected chi connectivity index (χ2v) is 3.84. The topological polar surface area (TPSA) is 56.8 Å². The Morgan fingerprint density at radius 2 is 1.82 bits per heavy atom. The number of nitriles is 2. The molecule has 3 nitrogen and oxygen atoms in total. The van der Waals surface area contributed by atoms with Gasteiger partial charge in [-0.05, 0) is 18.1 Å². The maximum Gasteiger partial charge on any atom is 0.194 e. The average molecular weight is 226 g/mol. The van der Waals surface area contributed by atoms with Crippen LogP contribution in [0.2, 0.25) is 0 Å². The van der Waals surface area contributed by atoms with E-state index >= 15 is 0 Å². The van der Waals surface area contributed by atoms with E-state index in [1.807, 2.05) is 42.5 Å². The minimum absolute atomic E-state index is 0.484. The van der Waals surface area contributed by atoms with E-state index < -0.39 is 11.5 Å². The van der Waals surface area contributed by atoms with Crippen molar-refractivity contribution in [3.05, 3.63) is 48.0 Å². The maximum absolute atomic E-state index is 9.30. The molecule has 0 amide bonds. The van der Waals surface area contributed by atoms with Gasteiger partial charge in [-0.15, -0.1) is 0 Å². The molecule has 0 fully saturated rings. The summed E-state index contributed by atoms with van der Waals surface area (Å²) in [6, 6.07) is 13.3. The number of nitrogens with zero attached hydrogens (tertiary/aromatic N) is 2. The molecule has 0 bridgehead atoms. The molecule has 1 rings (SSSR count). The van der Waals surface area contributed by atoms with Gasteiger partial charge in [0.1, 0.15) is 6.10 Å². The highest BCUT2D eigenvalue weighted by atomic mass is 16.5. The third-order valence-electron chi connectivity index (χ3n) is 2.76. The van der Waals surface area contributed by atoms with Crippen molar-refractivity contribution >= 4 is 0 Å². The molecule has 0 aliphatic heterocycles. The average Bonchev–Trinajstić information content (AvgIpc) is 2.36. The van der Waals surface area contributed by atoms with Gasteiger partial charge >= 0.3 is 0 Å². The molecule has 0 aromatic heterocycles. The van der Waals surface area contributed by atoms with Crippen LogP contribution >= 0.6 is 0 Å². The Balaban J connectivity index is 3.32. The Hall–Kier alpha value is -2.10. The monoisotopic (exact) mass is 226 g/mol. The third-order valence-corrected chi connectivity index (χ3v) is 2.76. The van der Waals surface area contributed by atoms with E-state index in [2.05, 4.69) is 6.58 Å². The van der Waals surface area contributed by atoms with Gasteiger partial charge in [-0.3, -0.25) is 0 Å². The third kappa shape index (κ3) is 2.20. The quantitative estimate of drug-likeness (QED) is 0.741. The zero-order valence-electron chi connectivity index (χ0n) is 9.97. The molecule has 86 valence electrons. The summed E-state index contributed by atoms with van der Waals surface area (Å²) in [5.74, 6) is 0. The molecule has 3 heteroatoms. The van der Waals surface area contributed by atoms with Gasteiger partial charge in [-0.25, -0.2) is 0 Å². The van der Waals surface area contributed by atoms with Crippen LogP contribution in [0.5, 0.6) is 0 Å². The van der Waals surface area contributed by atoms with Crippen LogP contribution in [-0.2, 0) is 4.74 Å². The summed E-state index contributed by atoms with van der Waals surface area (Å²) in [5, 5.41) is 18.6. The van der Waals surface area contributed by atoms with Crippen LogP contribution in [-0.4, -0.2) is 7.11 Å². The van der Waals surface area contributed by atoms with E-state index in [0.717, 1.165) is 5.56 Å². The first kappa shape index (κ1) is 13.0. The normalized spacial score (nSPS) is 12.2. The van der Waals surface area contributed by atoms with Gasteiger partial charge in [0.15, 0.2) is 5.41 Å². The lowest BCUT2D eigenvalue weighted by molar-refractivity contribution is 0.0570. The van der Waals surface area contributed by atoms with Gasteiger partial charge in [0.05, 0.1) is 12.1 Å². The number of methoxy groups -OCH3 is 1. The van der Waals surface area contributed by atoms with E-state index in [4.69, 9.17) is 4.74 Å². The Morgan fingerprint density at radius 3 is 2.18 bits per heavy atom. The summed E-state index contributed by atoms with van der Waals surface area (Å²) in [4.78, 5) is 0. The van der Waals surface area contributed by atoms with Crippen LogP contribution < -0.4 is 0 Å². The molecule has 0 aliphatic rings. The maximum atomic E-state index is 9.30. The number of benzene rings is 1. The van der Waals surface area contributed by atoms with Crippen molar-refractivity contribution in [1.29, 1.82) is 10.5 Å². The number of rotatable bonds is 4. The van der Waals surface area contributed by atoms with Crippen LogP contribution in [0.1, 0.15) is 18.6 Å². The summed E-state index contributed by atoms with van der Waals surface area (Å²) < 4.78 is 5.34. The molecule has 0 spiro atoms. The molecule has 1 aromatic carbocycles. The number of ether oxygens (including phenoxy) is 1. The Kier molecular flexibility index (Phi) is 4.04. The standard InChI is InChI=1S/C14H14N2O/c1-11(2)14(9-15,10-16)13(17-3)12-7-5-4-6-8-12/h4-8,13H,1H2,2-3H3. The van der Waals surface area contributed by atoms with Crippen molar-refractivity contribution < 1.29 is 4.74 Å². The van der Waals surface area contributed by atoms with Crippen LogP contribution in [0.3, 0.4) is 0 Å². The molecule has 0 saturated heterocycles. The summed E-state index contributed by atoms with van der Waals surface area (Å²) >= 11 is 0. The molecule has 0 aliphatic carbocycles. The van der Waals surface area contributed by atoms with Gasteiger partial charge in [0.25, 0.3) is 0 Å². The molecule has 1 atom stereocenters. The van der Waals surface area contributed by atoms with Gasteiger partial charge in [-0.2, -0.15) is 10.5 Å². The molecule has 17 heavy (non-hydrogen) atoms. The van der Waals surface area contributed by atoms with Crippen molar-refractivity contribution in [1.82, 2.24) is 0 Å². The molecule has 1 aromatic rings. The van der Waals surface area contributed by atoms with Crippen LogP contribution in [0.4, 0.5) is 0 Å². The van der Waals surface area contributed by atoms with Crippen molar-refractivity contribution in [2.75, 3.05) is 7.11 Å². The first-order chi connectivity index (χ1) is 8.12. The zero-order chi connectivity index (χ0) is 12.9. The Bertz CT molecular complexity index is 465. The van der Waals surface area contributed by atoms with Gasteiger partial charge in [0, 0.05) is 7.11 Å². The molecule has 0 heterocycles. The molecule has 0 radical (unpaired) electrons. The highest BCUT2D eigenvalue weighted by Gasteiger charge is 2.42. The minimum Gasteiger partial charge on any atom is -0.374 e. The van der Waals surface area contributed by atoms with E-state index in [9.17, 15) is 10.5 Å². The van der Waals surface area contributed by atoms with E-state index in [1.165, 1.54) is 7.11 Å². The predicted octanol–water partition coefficient (Wildman–Crippen LogP) is 2.98. The Morgan fingerprint density at radius 1 is 1.29 bits per heavy atom. The first-order valence-electron chi connectivity index (χ1n) is 5.18. The minimum atomic E-state index is -1.35. The smallest absolute Gasteiger partial charge is 0.194 e. The van der Waals surface area contributed by atoms with E-state index in [1.54, 1.807) is 6.92 Å². The summed E-state index contributed by atoms with van der Waals surface area (Å²) in [6.07, 6.45) is -0.629. The van der Waals surface area contributed by atoms with E-state index in [0.29, 0.717) is 5.57 Å². The van der Waals surface area contributed by atoms with Crippen molar-refractivity contribution in [2.24, 2.45) is 5.41 Å². The second-order valence-electron chi connectivity index (χ2n) is 3.84. The SMILES string of the molecule is C=C(C)C(C#N)(C#N)C(OC)c1ccccc1. The van der Waals surface area contributed by atoms with Crippen LogP contribution in [0.25, 0.3) is 0 Å². The van der Waals surface area contributed by atoms with Crippen molar-refractivity contribution in [2.45, 2.75) is 13.0 Å². The zero-order valence-corrected chi connectivity index (χ0v) is 9.97. The lowest BCUT2D eigenvalue weighted by Crippen LogP contribution is -2.28. The molecular weight excluding hydrogens is 212 g/mol. The van der Waals surface area contributed by atoms with Gasteiger partial charge in [0.2, 0.25) is 0 Å². The fourth-order valence-electron chi connectivity index (χ4n) is 1.75. The summed E-state index contributed by atoms with van der Waals surface area (Å²) in [6.45, 7) is 5.41. The first-order valence-corrected chi connectivity index (χ1v) is 5.18. The highest BCUT2D eigenvalue weighted by molar-refractivity contribution is 5.37. The van der Waals surface area contributed by atoms with Gasteiger partial charge < -0.3 is 4.74 Å². The van der Waals surface area contributed by atoms with Crippen LogP contribution in [0.15, 0.2) is 42.5 Å². The molecule has 1 unspecified atom stereocenters. The van der Waals surface area contributed by atoms with Crippen LogP contribution in [0, 0.1) is 28.1 Å². The Labute approximate surface area is 102 Å². The van der Waals surface area contributed by atoms with Crippen molar-refractivity contribution in [3.63, 3.8) is 0 Å². The summed E-state index contributed by atoms with van der Waals surface area (Å²) in [7, 11) is 1.49. The summed E-state index contributed by atoms with van der Waals surface area (Å²) in [5.41, 5.74) is -0.0740.